The molecule has 0 aliphatic carbocycles. The smallest absolute Gasteiger partial charge is 0.227 e. The molecule has 1 fully saturated rings. The van der Waals surface area contributed by atoms with Gasteiger partial charge in [0.1, 0.15) is 5.82 Å². The van der Waals surface area contributed by atoms with Crippen molar-refractivity contribution in [3.8, 4) is 11.4 Å². The van der Waals surface area contributed by atoms with Crippen LogP contribution in [0.25, 0.3) is 22.4 Å². The van der Waals surface area contributed by atoms with Gasteiger partial charge in [0.05, 0.1) is 22.0 Å². The third-order valence-electron chi connectivity index (χ3n) is 6.73. The van der Waals surface area contributed by atoms with Gasteiger partial charge in [0.15, 0.2) is 0 Å². The molecule has 0 spiro atoms. The van der Waals surface area contributed by atoms with Gasteiger partial charge in [-0.1, -0.05) is 37.9 Å². The standard InChI is InChI=1S/C26H33ClN4O/c1-5-7-19(6-2)30(4)26(32)18-12-13-31(16-18)20-9-10-22(27)21(15-20)25-28-23-11-8-17(3)14-24(23)29-25/h8-11,14-15,18-19H,5-7,12-13,16H2,1-4H3,(H,28,29). The second-order valence-corrected chi connectivity index (χ2v) is 9.41. The molecule has 1 aromatic heterocycles. The van der Waals surface area contributed by atoms with Crippen molar-refractivity contribution in [2.75, 3.05) is 25.0 Å². The van der Waals surface area contributed by atoms with Crippen molar-refractivity contribution in [3.05, 3.63) is 47.0 Å². The van der Waals surface area contributed by atoms with Gasteiger partial charge in [0.2, 0.25) is 5.91 Å². The molecule has 1 N–H and O–H groups in total. The number of halogens is 1. The van der Waals surface area contributed by atoms with Gasteiger partial charge in [-0.15, -0.1) is 0 Å². The van der Waals surface area contributed by atoms with Crippen LogP contribution in [0, 0.1) is 12.8 Å². The van der Waals surface area contributed by atoms with E-state index in [1.165, 1.54) is 5.56 Å². The van der Waals surface area contributed by atoms with Gasteiger partial charge in [-0.25, -0.2) is 4.98 Å². The zero-order chi connectivity index (χ0) is 22.8. The van der Waals surface area contributed by atoms with E-state index in [0.717, 1.165) is 66.9 Å². The van der Waals surface area contributed by atoms with Crippen LogP contribution in [-0.2, 0) is 4.79 Å². The first kappa shape index (κ1) is 22.7. The Morgan fingerprint density at radius 3 is 2.84 bits per heavy atom. The van der Waals surface area contributed by atoms with E-state index >= 15 is 0 Å². The molecule has 6 heteroatoms. The number of fused-ring (bicyclic) bond motifs is 1. The zero-order valence-corrected chi connectivity index (χ0v) is 20.2. The number of carbonyl (C=O) groups is 1. The summed E-state index contributed by atoms with van der Waals surface area (Å²) < 4.78 is 0. The minimum atomic E-state index is 0.0409. The first-order valence-electron chi connectivity index (χ1n) is 11.7. The summed E-state index contributed by atoms with van der Waals surface area (Å²) in [7, 11) is 1.97. The third-order valence-corrected chi connectivity index (χ3v) is 7.06. The Balaban J connectivity index is 1.53. The lowest BCUT2D eigenvalue weighted by Crippen LogP contribution is -2.41. The molecule has 1 aliphatic rings. The highest BCUT2D eigenvalue weighted by Gasteiger charge is 2.32. The third kappa shape index (κ3) is 4.49. The monoisotopic (exact) mass is 452 g/mol. The maximum atomic E-state index is 13.1. The molecule has 170 valence electrons. The Hall–Kier alpha value is -2.53. The fourth-order valence-corrected chi connectivity index (χ4v) is 5.02. The molecule has 32 heavy (non-hydrogen) atoms. The normalized spacial score (nSPS) is 17.2. The van der Waals surface area contributed by atoms with Crippen LogP contribution >= 0.6 is 11.6 Å². The number of aromatic amines is 1. The Kier molecular flexibility index (Phi) is 6.75. The van der Waals surface area contributed by atoms with Gasteiger partial charge >= 0.3 is 0 Å². The molecule has 1 saturated heterocycles. The van der Waals surface area contributed by atoms with Gasteiger partial charge in [0, 0.05) is 37.4 Å². The molecule has 0 radical (unpaired) electrons. The predicted octanol–water partition coefficient (Wildman–Crippen LogP) is 6.06. The van der Waals surface area contributed by atoms with Crippen molar-refractivity contribution < 1.29 is 4.79 Å². The molecule has 1 aliphatic heterocycles. The number of aromatic nitrogens is 2. The molecule has 0 bridgehead atoms. The van der Waals surface area contributed by atoms with E-state index in [1.807, 2.05) is 30.1 Å². The van der Waals surface area contributed by atoms with Crippen molar-refractivity contribution in [3.63, 3.8) is 0 Å². The topological polar surface area (TPSA) is 52.2 Å². The summed E-state index contributed by atoms with van der Waals surface area (Å²) in [5, 5.41) is 0.668. The number of nitrogens with one attached hydrogen (secondary N) is 1. The minimum absolute atomic E-state index is 0.0409. The fraction of sp³-hybridized carbons (Fsp3) is 0.462. The van der Waals surface area contributed by atoms with E-state index < -0.39 is 0 Å². The number of hydrogen-bond acceptors (Lipinski definition) is 3. The fourth-order valence-electron chi connectivity index (χ4n) is 4.81. The SMILES string of the molecule is CCCC(CC)N(C)C(=O)C1CCN(c2ccc(Cl)c(-c3nc4ccc(C)cc4[nH]3)c2)C1. The van der Waals surface area contributed by atoms with Gasteiger partial charge in [-0.2, -0.15) is 0 Å². The molecule has 0 saturated carbocycles. The first-order chi connectivity index (χ1) is 15.4. The maximum absolute atomic E-state index is 13.1. The van der Waals surface area contributed by atoms with Crippen LogP contribution in [0.1, 0.15) is 45.1 Å². The van der Waals surface area contributed by atoms with Crippen molar-refractivity contribution in [2.24, 2.45) is 5.92 Å². The van der Waals surface area contributed by atoms with E-state index in [4.69, 9.17) is 16.6 Å². The van der Waals surface area contributed by atoms with Gasteiger partial charge in [0.25, 0.3) is 0 Å². The number of imidazole rings is 1. The molecular formula is C26H33ClN4O. The highest BCUT2D eigenvalue weighted by molar-refractivity contribution is 6.33. The molecule has 2 unspecified atom stereocenters. The zero-order valence-electron chi connectivity index (χ0n) is 19.5. The van der Waals surface area contributed by atoms with Crippen LogP contribution in [0.15, 0.2) is 36.4 Å². The second-order valence-electron chi connectivity index (χ2n) is 9.00. The lowest BCUT2D eigenvalue weighted by Gasteiger charge is -2.29. The largest absolute Gasteiger partial charge is 0.371 e. The quantitative estimate of drug-likeness (QED) is 0.474. The number of H-pyrrole nitrogens is 1. The number of anilines is 1. The van der Waals surface area contributed by atoms with Crippen molar-refractivity contribution in [1.29, 1.82) is 0 Å². The van der Waals surface area contributed by atoms with E-state index in [0.29, 0.717) is 11.1 Å². The molecule has 2 heterocycles. The summed E-state index contributed by atoms with van der Waals surface area (Å²) >= 11 is 6.56. The van der Waals surface area contributed by atoms with Gasteiger partial charge in [-0.3, -0.25) is 4.79 Å². The maximum Gasteiger partial charge on any atom is 0.227 e. The highest BCUT2D eigenvalue weighted by Crippen LogP contribution is 2.34. The highest BCUT2D eigenvalue weighted by atomic mass is 35.5. The number of amides is 1. The number of hydrogen-bond donors (Lipinski definition) is 1. The number of benzene rings is 2. The van der Waals surface area contributed by atoms with Crippen LogP contribution in [0.5, 0.6) is 0 Å². The molecule has 2 aromatic carbocycles. The molecule has 4 rings (SSSR count). The molecule has 5 nitrogen and oxygen atoms in total. The van der Waals surface area contributed by atoms with Crippen LogP contribution in [0.3, 0.4) is 0 Å². The number of nitrogens with zero attached hydrogens (tertiary/aromatic N) is 3. The summed E-state index contributed by atoms with van der Waals surface area (Å²) in [4.78, 5) is 25.6. The minimum Gasteiger partial charge on any atom is -0.371 e. The average molecular weight is 453 g/mol. The Morgan fingerprint density at radius 1 is 1.28 bits per heavy atom. The average Bonchev–Trinajstić information content (AvgIpc) is 3.44. The van der Waals surface area contributed by atoms with Crippen LogP contribution < -0.4 is 4.90 Å². The van der Waals surface area contributed by atoms with Crippen molar-refractivity contribution >= 4 is 34.2 Å². The van der Waals surface area contributed by atoms with Crippen LogP contribution in [0.2, 0.25) is 5.02 Å². The van der Waals surface area contributed by atoms with Crippen molar-refractivity contribution in [2.45, 2.75) is 52.5 Å². The molecule has 2 atom stereocenters. The van der Waals surface area contributed by atoms with Crippen LogP contribution in [-0.4, -0.2) is 47.0 Å². The van der Waals surface area contributed by atoms with E-state index in [2.05, 4.69) is 48.9 Å². The Labute approximate surface area is 195 Å². The molecule has 3 aromatic rings. The first-order valence-corrected chi connectivity index (χ1v) is 12.1. The lowest BCUT2D eigenvalue weighted by atomic mass is 10.0. The second kappa shape index (κ2) is 9.53. The molecule has 1 amide bonds. The van der Waals surface area contributed by atoms with E-state index in [1.54, 1.807) is 0 Å². The summed E-state index contributed by atoms with van der Waals surface area (Å²) in [6, 6.07) is 12.6. The predicted molar refractivity (Wildman–Crippen MR) is 133 cm³/mol. The van der Waals surface area contributed by atoms with Crippen molar-refractivity contribution in [1.82, 2.24) is 14.9 Å². The summed E-state index contributed by atoms with van der Waals surface area (Å²) in [6.07, 6.45) is 4.05. The summed E-state index contributed by atoms with van der Waals surface area (Å²) in [6.45, 7) is 8.03. The summed E-state index contributed by atoms with van der Waals surface area (Å²) in [5.41, 5.74) is 5.10. The Morgan fingerprint density at radius 2 is 2.09 bits per heavy atom. The van der Waals surface area contributed by atoms with E-state index in [-0.39, 0.29) is 11.8 Å². The van der Waals surface area contributed by atoms with Gasteiger partial charge < -0.3 is 14.8 Å². The summed E-state index contributed by atoms with van der Waals surface area (Å²) in [5.74, 6) is 1.09. The number of aryl methyl sites for hydroxylation is 1. The Bertz CT molecular complexity index is 1110. The van der Waals surface area contributed by atoms with Crippen LogP contribution in [0.4, 0.5) is 5.69 Å². The number of carbonyl (C=O) groups excluding carboxylic acids is 1. The molecular weight excluding hydrogens is 420 g/mol. The lowest BCUT2D eigenvalue weighted by molar-refractivity contribution is -0.135. The van der Waals surface area contributed by atoms with E-state index in [9.17, 15) is 4.79 Å². The van der Waals surface area contributed by atoms with Gasteiger partial charge in [-0.05, 0) is 62.1 Å². The number of rotatable bonds is 7.